The third-order valence-corrected chi connectivity index (χ3v) is 5.95. The molecule has 2 N–H and O–H groups in total. The number of aromatic nitrogens is 1. The van der Waals surface area contributed by atoms with Gasteiger partial charge in [-0.2, -0.15) is 0 Å². The van der Waals surface area contributed by atoms with Crippen LogP contribution in [0.15, 0.2) is 16.6 Å². The first-order valence-electron chi connectivity index (χ1n) is 9.45. The summed E-state index contributed by atoms with van der Waals surface area (Å²) >= 11 is 3.57. The van der Waals surface area contributed by atoms with E-state index in [0.29, 0.717) is 12.0 Å². The van der Waals surface area contributed by atoms with Gasteiger partial charge in [-0.25, -0.2) is 0 Å². The van der Waals surface area contributed by atoms with Crippen LogP contribution in [0.1, 0.15) is 51.8 Å². The van der Waals surface area contributed by atoms with Crippen LogP contribution in [-0.2, 0) is 6.42 Å². The average Bonchev–Trinajstić information content (AvgIpc) is 2.87. The van der Waals surface area contributed by atoms with E-state index in [9.17, 15) is 0 Å². The second-order valence-electron chi connectivity index (χ2n) is 7.56. The van der Waals surface area contributed by atoms with E-state index in [1.807, 2.05) is 0 Å². The molecule has 2 atom stereocenters. The molecule has 3 nitrogen and oxygen atoms in total. The van der Waals surface area contributed by atoms with Crippen LogP contribution in [0.2, 0.25) is 0 Å². The lowest BCUT2D eigenvalue weighted by atomic mass is 9.92. The first kappa shape index (κ1) is 20.3. The van der Waals surface area contributed by atoms with Crippen molar-refractivity contribution < 1.29 is 4.74 Å². The lowest BCUT2D eigenvalue weighted by Crippen LogP contribution is -2.36. The Morgan fingerprint density at radius 2 is 1.96 bits per heavy atom. The topological polar surface area (TPSA) is 37.0 Å². The second-order valence-corrected chi connectivity index (χ2v) is 8.42. The molecule has 0 saturated carbocycles. The Labute approximate surface area is 161 Å². The predicted octanol–water partition coefficient (Wildman–Crippen LogP) is 5.84. The van der Waals surface area contributed by atoms with E-state index in [4.69, 9.17) is 4.74 Å². The van der Waals surface area contributed by atoms with Crippen LogP contribution in [-0.4, -0.2) is 24.7 Å². The smallest absolute Gasteiger partial charge is 0.133 e. The Hall–Kier alpha value is -1.00. The zero-order chi connectivity index (χ0) is 18.6. The monoisotopic (exact) mass is 408 g/mol. The molecule has 0 aliphatic rings. The van der Waals surface area contributed by atoms with E-state index < -0.39 is 0 Å². The van der Waals surface area contributed by atoms with E-state index in [0.717, 1.165) is 29.1 Å². The molecule has 0 spiro atoms. The summed E-state index contributed by atoms with van der Waals surface area (Å²) in [5, 5.41) is 5.07. The summed E-state index contributed by atoms with van der Waals surface area (Å²) < 4.78 is 6.46. The van der Waals surface area contributed by atoms with Crippen molar-refractivity contribution in [3.8, 4) is 5.75 Å². The van der Waals surface area contributed by atoms with Gasteiger partial charge in [-0.1, -0.05) is 34.1 Å². The Bertz CT molecular complexity index is 693. The highest BCUT2D eigenvalue weighted by atomic mass is 79.9. The standard InChI is InChI=1S/C21H33BrN2O/c1-7-14(4)10-19(13(2)3)23-9-8-16-15(5)24-20-12-18(22)21(25-6)11-17(16)20/h11-14,19,23-24H,7-10H2,1-6H3. The molecule has 0 amide bonds. The molecule has 0 fully saturated rings. The lowest BCUT2D eigenvalue weighted by Gasteiger charge is -2.25. The minimum atomic E-state index is 0.587. The number of fused-ring (bicyclic) bond motifs is 1. The van der Waals surface area contributed by atoms with Gasteiger partial charge in [-0.15, -0.1) is 0 Å². The van der Waals surface area contributed by atoms with E-state index in [1.54, 1.807) is 7.11 Å². The molecule has 1 heterocycles. The van der Waals surface area contributed by atoms with Gasteiger partial charge in [0.15, 0.2) is 0 Å². The van der Waals surface area contributed by atoms with Gasteiger partial charge in [-0.05, 0) is 71.8 Å². The van der Waals surface area contributed by atoms with Crippen LogP contribution in [0.3, 0.4) is 0 Å². The van der Waals surface area contributed by atoms with Gasteiger partial charge in [-0.3, -0.25) is 0 Å². The number of hydrogen-bond acceptors (Lipinski definition) is 2. The van der Waals surface area contributed by atoms with Gasteiger partial charge >= 0.3 is 0 Å². The van der Waals surface area contributed by atoms with Crippen LogP contribution < -0.4 is 10.1 Å². The number of methoxy groups -OCH3 is 1. The maximum absolute atomic E-state index is 5.47. The van der Waals surface area contributed by atoms with Crippen LogP contribution in [0, 0.1) is 18.8 Å². The molecular formula is C21H33BrN2O. The maximum Gasteiger partial charge on any atom is 0.133 e. The molecule has 2 rings (SSSR count). The van der Waals surface area contributed by atoms with Gasteiger partial charge in [0, 0.05) is 22.6 Å². The number of ether oxygens (including phenoxy) is 1. The largest absolute Gasteiger partial charge is 0.496 e. The van der Waals surface area contributed by atoms with Crippen LogP contribution in [0.5, 0.6) is 5.75 Å². The molecule has 0 bridgehead atoms. The minimum Gasteiger partial charge on any atom is -0.496 e. The van der Waals surface area contributed by atoms with Gasteiger partial charge in [0.05, 0.1) is 11.6 Å². The first-order valence-corrected chi connectivity index (χ1v) is 10.2. The van der Waals surface area contributed by atoms with Crippen LogP contribution >= 0.6 is 15.9 Å². The Balaban J connectivity index is 2.10. The van der Waals surface area contributed by atoms with Crippen molar-refractivity contribution in [2.45, 2.75) is 59.9 Å². The summed E-state index contributed by atoms with van der Waals surface area (Å²) in [4.78, 5) is 3.51. The van der Waals surface area contributed by atoms with E-state index in [2.05, 4.69) is 73.0 Å². The molecule has 0 radical (unpaired) electrons. The molecule has 2 aromatic rings. The van der Waals surface area contributed by atoms with Crippen molar-refractivity contribution in [2.75, 3.05) is 13.7 Å². The highest BCUT2D eigenvalue weighted by molar-refractivity contribution is 9.10. The third kappa shape index (κ3) is 5.01. The Morgan fingerprint density at radius 3 is 2.56 bits per heavy atom. The number of aromatic amines is 1. The number of nitrogens with one attached hydrogen (secondary N) is 2. The molecule has 2 unspecified atom stereocenters. The quantitative estimate of drug-likeness (QED) is 0.546. The Kier molecular flexibility index (Phi) is 7.38. The molecule has 1 aromatic carbocycles. The first-order chi connectivity index (χ1) is 11.9. The fourth-order valence-corrected chi connectivity index (χ4v) is 3.94. The number of benzene rings is 1. The third-order valence-electron chi connectivity index (χ3n) is 5.33. The summed E-state index contributed by atoms with van der Waals surface area (Å²) in [5.41, 5.74) is 3.81. The number of aryl methyl sites for hydroxylation is 1. The number of hydrogen-bond donors (Lipinski definition) is 2. The second kappa shape index (κ2) is 9.09. The molecule has 25 heavy (non-hydrogen) atoms. The average molecular weight is 409 g/mol. The summed E-state index contributed by atoms with van der Waals surface area (Å²) in [6.45, 7) is 12.4. The van der Waals surface area contributed by atoms with Gasteiger partial charge in [0.25, 0.3) is 0 Å². The SMILES string of the molecule is CCC(C)CC(NCCc1c(C)[nH]c2cc(Br)c(OC)cc12)C(C)C. The zero-order valence-electron chi connectivity index (χ0n) is 16.5. The van der Waals surface area contributed by atoms with Crippen LogP contribution in [0.25, 0.3) is 10.9 Å². The summed E-state index contributed by atoms with van der Waals surface area (Å²) in [6.07, 6.45) is 3.53. The predicted molar refractivity (Wildman–Crippen MR) is 112 cm³/mol. The molecule has 4 heteroatoms. The molecule has 0 aliphatic carbocycles. The Morgan fingerprint density at radius 1 is 1.24 bits per heavy atom. The summed E-state index contributed by atoms with van der Waals surface area (Å²) in [5.74, 6) is 2.32. The van der Waals surface area contributed by atoms with Gasteiger partial charge in [0.1, 0.15) is 5.75 Å². The van der Waals surface area contributed by atoms with Crippen molar-refractivity contribution in [1.29, 1.82) is 0 Å². The van der Waals surface area contributed by atoms with Crippen LogP contribution in [0.4, 0.5) is 0 Å². The van der Waals surface area contributed by atoms with Gasteiger partial charge < -0.3 is 15.0 Å². The van der Waals surface area contributed by atoms with Crippen molar-refractivity contribution in [2.24, 2.45) is 11.8 Å². The van der Waals surface area contributed by atoms with Crippen molar-refractivity contribution in [1.82, 2.24) is 10.3 Å². The minimum absolute atomic E-state index is 0.587. The molecule has 140 valence electrons. The summed E-state index contributed by atoms with van der Waals surface area (Å²) in [6, 6.07) is 4.83. The summed E-state index contributed by atoms with van der Waals surface area (Å²) in [7, 11) is 1.72. The maximum atomic E-state index is 5.47. The number of H-pyrrole nitrogens is 1. The highest BCUT2D eigenvalue weighted by Crippen LogP contribution is 2.33. The highest BCUT2D eigenvalue weighted by Gasteiger charge is 2.17. The molecular weight excluding hydrogens is 376 g/mol. The molecule has 1 aromatic heterocycles. The van der Waals surface area contributed by atoms with E-state index in [1.165, 1.54) is 35.0 Å². The fraction of sp³-hybridized carbons (Fsp3) is 0.619. The van der Waals surface area contributed by atoms with E-state index >= 15 is 0 Å². The lowest BCUT2D eigenvalue weighted by molar-refractivity contribution is 0.326. The van der Waals surface area contributed by atoms with Crippen molar-refractivity contribution in [3.05, 3.63) is 27.9 Å². The zero-order valence-corrected chi connectivity index (χ0v) is 18.1. The number of halogens is 1. The number of rotatable bonds is 9. The van der Waals surface area contributed by atoms with Crippen molar-refractivity contribution >= 4 is 26.8 Å². The fourth-order valence-electron chi connectivity index (χ4n) is 3.44. The molecule has 0 saturated heterocycles. The normalized spacial score (nSPS) is 14.2. The van der Waals surface area contributed by atoms with Gasteiger partial charge in [0.2, 0.25) is 0 Å². The molecule has 0 aliphatic heterocycles. The van der Waals surface area contributed by atoms with Crippen molar-refractivity contribution in [3.63, 3.8) is 0 Å². The van der Waals surface area contributed by atoms with E-state index in [-0.39, 0.29) is 0 Å².